The van der Waals surface area contributed by atoms with Crippen LogP contribution in [-0.2, 0) is 4.79 Å². The minimum absolute atomic E-state index is 0.0180. The lowest BCUT2D eigenvalue weighted by atomic mass is 10.0. The molecule has 0 atom stereocenters. The minimum atomic E-state index is -0.0838. The van der Waals surface area contributed by atoms with Gasteiger partial charge in [0.05, 0.1) is 11.4 Å². The van der Waals surface area contributed by atoms with E-state index >= 15 is 0 Å². The maximum atomic E-state index is 12.0. The number of thioether (sulfide) groups is 1. The second-order valence-electron chi connectivity index (χ2n) is 4.78. The van der Waals surface area contributed by atoms with Gasteiger partial charge in [0, 0.05) is 36.0 Å². The molecule has 2 heterocycles. The van der Waals surface area contributed by atoms with Crippen LogP contribution in [0.1, 0.15) is 10.4 Å². The Labute approximate surface area is 115 Å². The number of rotatable bonds is 3. The van der Waals surface area contributed by atoms with Gasteiger partial charge in [0.15, 0.2) is 0 Å². The number of nitrogens with one attached hydrogen (secondary N) is 3. The van der Waals surface area contributed by atoms with Crippen LogP contribution in [0.25, 0.3) is 0 Å². The molecule has 0 spiro atoms. The zero-order valence-electron chi connectivity index (χ0n) is 10.4. The third-order valence-corrected chi connectivity index (χ3v) is 4.37. The number of benzene rings is 1. The molecule has 0 radical (unpaired) electrons. The average Bonchev–Trinajstić information content (AvgIpc) is 2.35. The van der Waals surface area contributed by atoms with E-state index in [0.717, 1.165) is 23.7 Å². The first-order valence-electron chi connectivity index (χ1n) is 6.28. The van der Waals surface area contributed by atoms with Crippen molar-refractivity contribution >= 4 is 29.3 Å². The van der Waals surface area contributed by atoms with Crippen molar-refractivity contribution < 1.29 is 9.59 Å². The molecule has 0 unspecified atom stereocenters. The third kappa shape index (κ3) is 2.74. The average molecular weight is 277 g/mol. The largest absolute Gasteiger partial charge is 0.352 e. The van der Waals surface area contributed by atoms with Gasteiger partial charge in [-0.05, 0) is 18.2 Å². The number of anilines is 1. The monoisotopic (exact) mass is 277 g/mol. The molecule has 1 aromatic rings. The van der Waals surface area contributed by atoms with Gasteiger partial charge in [-0.2, -0.15) is 0 Å². The Morgan fingerprint density at radius 2 is 2.26 bits per heavy atom. The molecule has 0 saturated carbocycles. The number of carbonyl (C=O) groups excluding carboxylic acids is 2. The van der Waals surface area contributed by atoms with Crippen LogP contribution in [-0.4, -0.2) is 37.2 Å². The minimum Gasteiger partial charge on any atom is -0.352 e. The molecule has 0 aromatic heterocycles. The van der Waals surface area contributed by atoms with E-state index in [1.165, 1.54) is 11.8 Å². The van der Waals surface area contributed by atoms with Crippen LogP contribution < -0.4 is 16.0 Å². The molecule has 6 heteroatoms. The normalized spacial score (nSPS) is 18.2. The highest BCUT2D eigenvalue weighted by atomic mass is 32.2. The molecule has 2 amide bonds. The molecule has 2 aliphatic rings. The Morgan fingerprint density at radius 3 is 3.00 bits per heavy atom. The van der Waals surface area contributed by atoms with Gasteiger partial charge in [-0.3, -0.25) is 9.59 Å². The molecule has 100 valence electrons. The van der Waals surface area contributed by atoms with Crippen LogP contribution in [0.2, 0.25) is 0 Å². The molecular formula is C13H15N3O2S. The summed E-state index contributed by atoms with van der Waals surface area (Å²) in [5, 5.41) is 8.88. The van der Waals surface area contributed by atoms with Gasteiger partial charge in [-0.15, -0.1) is 11.8 Å². The van der Waals surface area contributed by atoms with E-state index in [9.17, 15) is 9.59 Å². The topological polar surface area (TPSA) is 70.2 Å². The summed E-state index contributed by atoms with van der Waals surface area (Å²) < 4.78 is 0. The molecular weight excluding hydrogens is 262 g/mol. The Hall–Kier alpha value is -1.53. The van der Waals surface area contributed by atoms with E-state index in [1.807, 2.05) is 6.07 Å². The van der Waals surface area contributed by atoms with Gasteiger partial charge in [0.25, 0.3) is 5.91 Å². The standard InChI is InChI=1S/C13H15N3O2S/c17-12-7-19-11-2-1-9(3-10(11)16-12)13(18)15-6-8-4-14-5-8/h1-3,8,14H,4-7H2,(H,15,18)(H,16,17). The lowest BCUT2D eigenvalue weighted by molar-refractivity contribution is -0.113. The van der Waals surface area contributed by atoms with Gasteiger partial charge in [0.1, 0.15) is 0 Å². The van der Waals surface area contributed by atoms with Crippen molar-refractivity contribution in [2.24, 2.45) is 5.92 Å². The zero-order valence-corrected chi connectivity index (χ0v) is 11.2. The number of fused-ring (bicyclic) bond motifs is 1. The van der Waals surface area contributed by atoms with Crippen LogP contribution in [0, 0.1) is 5.92 Å². The lowest BCUT2D eigenvalue weighted by Gasteiger charge is -2.27. The first-order chi connectivity index (χ1) is 9.22. The highest BCUT2D eigenvalue weighted by molar-refractivity contribution is 8.00. The Kier molecular flexibility index (Phi) is 3.44. The van der Waals surface area contributed by atoms with Crippen LogP contribution in [0.4, 0.5) is 5.69 Å². The van der Waals surface area contributed by atoms with Crippen molar-refractivity contribution in [1.29, 1.82) is 0 Å². The summed E-state index contributed by atoms with van der Waals surface area (Å²) in [5.74, 6) is 0.875. The van der Waals surface area contributed by atoms with Crippen molar-refractivity contribution in [3.8, 4) is 0 Å². The molecule has 3 rings (SSSR count). The molecule has 19 heavy (non-hydrogen) atoms. The quantitative estimate of drug-likeness (QED) is 0.760. The predicted octanol–water partition coefficient (Wildman–Crippen LogP) is 0.680. The van der Waals surface area contributed by atoms with Crippen LogP contribution in [0.3, 0.4) is 0 Å². The fraction of sp³-hybridized carbons (Fsp3) is 0.385. The predicted molar refractivity (Wildman–Crippen MR) is 74.5 cm³/mol. The van der Waals surface area contributed by atoms with Gasteiger partial charge in [0.2, 0.25) is 5.91 Å². The molecule has 5 nitrogen and oxygen atoms in total. The van der Waals surface area contributed by atoms with Gasteiger partial charge >= 0.3 is 0 Å². The summed E-state index contributed by atoms with van der Waals surface area (Å²) in [5.41, 5.74) is 1.33. The van der Waals surface area contributed by atoms with E-state index in [2.05, 4.69) is 16.0 Å². The molecule has 1 aromatic carbocycles. The molecule has 0 bridgehead atoms. The number of hydrogen-bond donors (Lipinski definition) is 3. The molecule has 3 N–H and O–H groups in total. The highest BCUT2D eigenvalue weighted by Gasteiger charge is 2.19. The molecule has 1 fully saturated rings. The highest BCUT2D eigenvalue weighted by Crippen LogP contribution is 2.31. The Balaban J connectivity index is 1.68. The van der Waals surface area contributed by atoms with Crippen molar-refractivity contribution in [2.45, 2.75) is 4.90 Å². The first-order valence-corrected chi connectivity index (χ1v) is 7.26. The van der Waals surface area contributed by atoms with Crippen LogP contribution in [0.5, 0.6) is 0 Å². The van der Waals surface area contributed by atoms with E-state index in [-0.39, 0.29) is 11.8 Å². The Morgan fingerprint density at radius 1 is 1.42 bits per heavy atom. The van der Waals surface area contributed by atoms with Crippen molar-refractivity contribution in [3.05, 3.63) is 23.8 Å². The van der Waals surface area contributed by atoms with Crippen molar-refractivity contribution in [3.63, 3.8) is 0 Å². The fourth-order valence-electron chi connectivity index (χ4n) is 2.06. The van der Waals surface area contributed by atoms with Crippen LogP contribution >= 0.6 is 11.8 Å². The molecule has 2 aliphatic heterocycles. The van der Waals surface area contributed by atoms with Crippen molar-refractivity contribution in [1.82, 2.24) is 10.6 Å². The number of hydrogen-bond acceptors (Lipinski definition) is 4. The zero-order chi connectivity index (χ0) is 13.2. The maximum absolute atomic E-state index is 12.0. The number of carbonyl (C=O) groups is 2. The van der Waals surface area contributed by atoms with E-state index in [4.69, 9.17) is 0 Å². The lowest BCUT2D eigenvalue weighted by Crippen LogP contribution is -2.48. The summed E-state index contributed by atoms with van der Waals surface area (Å²) in [4.78, 5) is 24.3. The third-order valence-electron chi connectivity index (χ3n) is 3.29. The Bertz CT molecular complexity index is 529. The summed E-state index contributed by atoms with van der Waals surface area (Å²) in [6.45, 7) is 2.64. The second-order valence-corrected chi connectivity index (χ2v) is 5.80. The van der Waals surface area contributed by atoms with E-state index < -0.39 is 0 Å². The molecule has 1 saturated heterocycles. The smallest absolute Gasteiger partial charge is 0.251 e. The van der Waals surface area contributed by atoms with Crippen molar-refractivity contribution in [2.75, 3.05) is 30.7 Å². The number of amides is 2. The summed E-state index contributed by atoms with van der Waals surface area (Å²) >= 11 is 1.50. The maximum Gasteiger partial charge on any atom is 0.251 e. The van der Waals surface area contributed by atoms with E-state index in [0.29, 0.717) is 23.8 Å². The van der Waals surface area contributed by atoms with Gasteiger partial charge < -0.3 is 16.0 Å². The molecule has 0 aliphatic carbocycles. The summed E-state index contributed by atoms with van der Waals surface area (Å²) in [7, 11) is 0. The van der Waals surface area contributed by atoms with E-state index in [1.54, 1.807) is 12.1 Å². The van der Waals surface area contributed by atoms with Gasteiger partial charge in [-0.25, -0.2) is 0 Å². The summed E-state index contributed by atoms with van der Waals surface area (Å²) in [6, 6.07) is 5.44. The fourth-order valence-corrected chi connectivity index (χ4v) is 2.84. The van der Waals surface area contributed by atoms with Gasteiger partial charge in [-0.1, -0.05) is 0 Å². The first kappa shape index (κ1) is 12.5. The SMILES string of the molecule is O=C1CSc2ccc(C(=O)NCC3CNC3)cc2N1. The summed E-state index contributed by atoms with van der Waals surface area (Å²) in [6.07, 6.45) is 0. The second kappa shape index (κ2) is 5.22. The van der Waals surface area contributed by atoms with Crippen LogP contribution in [0.15, 0.2) is 23.1 Å².